The Morgan fingerprint density at radius 2 is 2.11 bits per heavy atom. The van der Waals surface area contributed by atoms with Crippen molar-refractivity contribution in [2.24, 2.45) is 14.1 Å². The van der Waals surface area contributed by atoms with Crippen LogP contribution in [0.1, 0.15) is 0 Å². The maximum Gasteiger partial charge on any atom is 0.329 e. The van der Waals surface area contributed by atoms with Gasteiger partial charge in [0.05, 0.1) is 0 Å². The van der Waals surface area contributed by atoms with E-state index in [1.54, 1.807) is 20.3 Å². The molecule has 4 nitrogen and oxygen atoms in total. The minimum Gasteiger partial charge on any atom is -0.384 e. The Balaban J connectivity index is 3.48. The smallest absolute Gasteiger partial charge is 0.329 e. The molecule has 0 saturated heterocycles. The van der Waals surface area contributed by atoms with Gasteiger partial charge in [0, 0.05) is 20.3 Å². The molecule has 50 valence electrons. The summed E-state index contributed by atoms with van der Waals surface area (Å²) in [6, 6.07) is 0. The lowest BCUT2D eigenvalue weighted by Gasteiger charge is -1.87. The minimum atomic E-state index is -0.0903. The Labute approximate surface area is 52.5 Å². The van der Waals surface area contributed by atoms with Gasteiger partial charge in [0.2, 0.25) is 0 Å². The lowest BCUT2D eigenvalue weighted by atomic mass is 10.8. The second kappa shape index (κ2) is 1.65. The third kappa shape index (κ3) is 0.718. The standard InChI is InChI=1S/C5H9N3O/c1-7-3-4(6)8(2)5(7)9/h3H,6H2,1-2H3. The molecule has 0 aliphatic rings. The highest BCUT2D eigenvalue weighted by atomic mass is 16.1. The van der Waals surface area contributed by atoms with Crippen molar-refractivity contribution < 1.29 is 0 Å². The second-order valence-electron chi connectivity index (χ2n) is 2.01. The number of imidazole rings is 1. The van der Waals surface area contributed by atoms with Crippen molar-refractivity contribution in [3.63, 3.8) is 0 Å². The number of nitrogen functional groups attached to an aromatic ring is 1. The molecule has 0 aliphatic heterocycles. The Bertz CT molecular complexity index is 270. The number of nitrogens with zero attached hydrogens (tertiary/aromatic N) is 2. The SMILES string of the molecule is Cn1cc(N)n(C)c1=O. The molecule has 0 atom stereocenters. The fraction of sp³-hybridized carbons (Fsp3) is 0.400. The van der Waals surface area contributed by atoms with Crippen LogP contribution in [-0.2, 0) is 14.1 Å². The first-order chi connectivity index (χ1) is 4.13. The fourth-order valence-electron chi connectivity index (χ4n) is 0.687. The topological polar surface area (TPSA) is 52.9 Å². The molecular formula is C5H9N3O. The van der Waals surface area contributed by atoms with Gasteiger partial charge in [-0.25, -0.2) is 4.79 Å². The molecule has 0 fully saturated rings. The third-order valence-corrected chi connectivity index (χ3v) is 1.30. The zero-order chi connectivity index (χ0) is 7.02. The molecule has 0 radical (unpaired) electrons. The summed E-state index contributed by atoms with van der Waals surface area (Å²) in [5, 5.41) is 0. The van der Waals surface area contributed by atoms with E-state index in [1.807, 2.05) is 0 Å². The molecule has 0 amide bonds. The van der Waals surface area contributed by atoms with Crippen LogP contribution in [0, 0.1) is 0 Å². The van der Waals surface area contributed by atoms with Crippen molar-refractivity contribution in [2.45, 2.75) is 0 Å². The Kier molecular flexibility index (Phi) is 1.09. The quantitative estimate of drug-likeness (QED) is 0.501. The Morgan fingerprint density at radius 1 is 1.56 bits per heavy atom. The van der Waals surface area contributed by atoms with Crippen molar-refractivity contribution >= 4 is 5.82 Å². The highest BCUT2D eigenvalue weighted by Gasteiger charge is 1.98. The first-order valence-corrected chi connectivity index (χ1v) is 2.60. The van der Waals surface area contributed by atoms with Gasteiger partial charge in [-0.1, -0.05) is 0 Å². The van der Waals surface area contributed by atoms with Crippen molar-refractivity contribution in [3.05, 3.63) is 16.7 Å². The maximum absolute atomic E-state index is 10.8. The fourth-order valence-corrected chi connectivity index (χ4v) is 0.687. The molecule has 0 unspecified atom stereocenters. The van der Waals surface area contributed by atoms with Gasteiger partial charge in [-0.15, -0.1) is 0 Å². The summed E-state index contributed by atoms with van der Waals surface area (Å²) >= 11 is 0. The molecule has 1 heterocycles. The molecule has 1 rings (SSSR count). The van der Waals surface area contributed by atoms with Crippen LogP contribution in [0.4, 0.5) is 5.82 Å². The molecular weight excluding hydrogens is 118 g/mol. The van der Waals surface area contributed by atoms with Gasteiger partial charge in [-0.2, -0.15) is 0 Å². The minimum absolute atomic E-state index is 0.0903. The first kappa shape index (κ1) is 5.94. The van der Waals surface area contributed by atoms with E-state index in [9.17, 15) is 4.79 Å². The highest BCUT2D eigenvalue weighted by molar-refractivity contribution is 5.24. The van der Waals surface area contributed by atoms with E-state index in [-0.39, 0.29) is 5.69 Å². The molecule has 0 aromatic carbocycles. The van der Waals surface area contributed by atoms with Gasteiger partial charge in [-0.3, -0.25) is 4.57 Å². The van der Waals surface area contributed by atoms with Crippen molar-refractivity contribution in [2.75, 3.05) is 5.73 Å². The molecule has 1 aromatic rings. The zero-order valence-corrected chi connectivity index (χ0v) is 5.46. The number of hydrogen-bond donors (Lipinski definition) is 1. The van der Waals surface area contributed by atoms with E-state index in [0.717, 1.165) is 0 Å². The Morgan fingerprint density at radius 3 is 2.22 bits per heavy atom. The van der Waals surface area contributed by atoms with Crippen LogP contribution in [0.2, 0.25) is 0 Å². The van der Waals surface area contributed by atoms with Crippen LogP contribution < -0.4 is 11.4 Å². The summed E-state index contributed by atoms with van der Waals surface area (Å²) in [6.07, 6.45) is 1.59. The molecule has 0 spiro atoms. The number of nitrogens with two attached hydrogens (primary N) is 1. The second-order valence-corrected chi connectivity index (χ2v) is 2.01. The van der Waals surface area contributed by atoms with Gasteiger partial charge < -0.3 is 10.3 Å². The van der Waals surface area contributed by atoms with Crippen LogP contribution in [0.15, 0.2) is 11.0 Å². The van der Waals surface area contributed by atoms with Crippen LogP contribution in [0.5, 0.6) is 0 Å². The Hall–Kier alpha value is -1.19. The number of aromatic nitrogens is 2. The van der Waals surface area contributed by atoms with Crippen LogP contribution in [0.25, 0.3) is 0 Å². The van der Waals surface area contributed by atoms with E-state index in [1.165, 1.54) is 9.13 Å². The summed E-state index contributed by atoms with van der Waals surface area (Å²) in [7, 11) is 3.30. The summed E-state index contributed by atoms with van der Waals surface area (Å²) in [6.45, 7) is 0. The number of anilines is 1. The maximum atomic E-state index is 10.8. The van der Waals surface area contributed by atoms with Gasteiger partial charge in [0.15, 0.2) is 0 Å². The average molecular weight is 127 g/mol. The monoisotopic (exact) mass is 127 g/mol. The number of aryl methyl sites for hydroxylation is 1. The van der Waals surface area contributed by atoms with Gasteiger partial charge in [0.25, 0.3) is 0 Å². The van der Waals surface area contributed by atoms with Gasteiger partial charge in [-0.05, 0) is 0 Å². The summed E-state index contributed by atoms with van der Waals surface area (Å²) in [5.41, 5.74) is 5.29. The summed E-state index contributed by atoms with van der Waals surface area (Å²) in [5.74, 6) is 0.488. The van der Waals surface area contributed by atoms with E-state index < -0.39 is 0 Å². The molecule has 0 aliphatic carbocycles. The molecule has 4 heteroatoms. The largest absolute Gasteiger partial charge is 0.384 e. The summed E-state index contributed by atoms with van der Waals surface area (Å²) in [4.78, 5) is 10.8. The number of rotatable bonds is 0. The molecule has 1 aromatic heterocycles. The van der Waals surface area contributed by atoms with Gasteiger partial charge >= 0.3 is 5.69 Å². The lowest BCUT2D eigenvalue weighted by Crippen LogP contribution is -2.19. The third-order valence-electron chi connectivity index (χ3n) is 1.30. The van der Waals surface area contributed by atoms with Crippen LogP contribution in [-0.4, -0.2) is 9.13 Å². The first-order valence-electron chi connectivity index (χ1n) is 2.60. The van der Waals surface area contributed by atoms with E-state index in [0.29, 0.717) is 5.82 Å². The highest BCUT2D eigenvalue weighted by Crippen LogP contribution is 1.91. The predicted octanol–water partition coefficient (Wildman–Crippen LogP) is -0.694. The van der Waals surface area contributed by atoms with E-state index in [4.69, 9.17) is 5.73 Å². The van der Waals surface area contributed by atoms with Crippen molar-refractivity contribution in [3.8, 4) is 0 Å². The normalized spacial score (nSPS) is 10.0. The molecule has 9 heavy (non-hydrogen) atoms. The predicted molar refractivity (Wildman–Crippen MR) is 35.1 cm³/mol. The van der Waals surface area contributed by atoms with Gasteiger partial charge in [0.1, 0.15) is 5.82 Å². The average Bonchev–Trinajstić information content (AvgIpc) is 1.98. The molecule has 0 saturated carbocycles. The van der Waals surface area contributed by atoms with Crippen molar-refractivity contribution in [1.82, 2.24) is 9.13 Å². The zero-order valence-electron chi connectivity index (χ0n) is 5.46. The summed E-state index contributed by atoms with van der Waals surface area (Å²) < 4.78 is 2.83. The number of hydrogen-bond acceptors (Lipinski definition) is 2. The van der Waals surface area contributed by atoms with Crippen molar-refractivity contribution in [1.29, 1.82) is 0 Å². The molecule has 2 N–H and O–H groups in total. The van der Waals surface area contributed by atoms with E-state index >= 15 is 0 Å². The van der Waals surface area contributed by atoms with E-state index in [2.05, 4.69) is 0 Å². The lowest BCUT2D eigenvalue weighted by molar-refractivity contribution is 0.779. The van der Waals surface area contributed by atoms with Crippen LogP contribution >= 0.6 is 0 Å². The molecule has 0 bridgehead atoms. The van der Waals surface area contributed by atoms with Crippen LogP contribution in [0.3, 0.4) is 0 Å².